The lowest BCUT2D eigenvalue weighted by atomic mass is 10.1. The van der Waals surface area contributed by atoms with Crippen molar-refractivity contribution in [3.8, 4) is 22.9 Å². The number of tetrazole rings is 1. The number of methoxy groups -OCH3 is 2. The Labute approximate surface area is 133 Å². The Bertz CT molecular complexity index is 774. The first-order valence-corrected chi connectivity index (χ1v) is 7.03. The largest absolute Gasteiger partial charge is 0.680 e. The molecule has 3 aromatic rings. The third-order valence-electron chi connectivity index (χ3n) is 3.37. The van der Waals surface area contributed by atoms with E-state index in [1.807, 2.05) is 42.5 Å². The number of ether oxygens (including phenoxy) is 2. The predicted molar refractivity (Wildman–Crippen MR) is 85.9 cm³/mol. The summed E-state index contributed by atoms with van der Waals surface area (Å²) in [5.41, 5.74) is 2.66. The highest BCUT2D eigenvalue weighted by molar-refractivity contribution is 5.75. The van der Waals surface area contributed by atoms with Crippen LogP contribution in [0.2, 0.25) is 0 Å². The average molecular weight is 310 g/mol. The minimum atomic E-state index is 0.509. The Morgan fingerprint density at radius 2 is 1.87 bits per heavy atom. The maximum atomic E-state index is 5.31. The Balaban J connectivity index is 1.79. The zero-order valence-electron chi connectivity index (χ0n) is 12.9. The molecule has 0 aliphatic heterocycles. The number of nitrogens with zero attached hydrogens (tertiary/aromatic N) is 4. The number of H-pyrrole nitrogens is 1. The molecule has 0 saturated carbocycles. The minimum Gasteiger partial charge on any atom is -0.680 e. The SMILES string of the molecule is COc1ccc(C[N-]c2ccccc2-c2nn[nH]n2)cc1OC. The van der Waals surface area contributed by atoms with E-state index in [0.717, 1.165) is 16.8 Å². The molecular formula is C16H16N5O2-. The van der Waals surface area contributed by atoms with Crippen molar-refractivity contribution in [1.29, 1.82) is 0 Å². The molecule has 0 fully saturated rings. The smallest absolute Gasteiger partial charge is 0.203 e. The highest BCUT2D eigenvalue weighted by Crippen LogP contribution is 2.33. The molecule has 0 unspecified atom stereocenters. The van der Waals surface area contributed by atoms with Gasteiger partial charge >= 0.3 is 0 Å². The van der Waals surface area contributed by atoms with Gasteiger partial charge in [-0.1, -0.05) is 35.9 Å². The van der Waals surface area contributed by atoms with Gasteiger partial charge in [-0.05, 0) is 17.3 Å². The number of hydrogen-bond acceptors (Lipinski definition) is 5. The molecule has 1 heterocycles. The van der Waals surface area contributed by atoms with Crippen molar-refractivity contribution in [1.82, 2.24) is 20.6 Å². The van der Waals surface area contributed by atoms with Gasteiger partial charge in [-0.15, -0.1) is 22.4 Å². The fraction of sp³-hybridized carbons (Fsp3) is 0.188. The number of aromatic amines is 1. The van der Waals surface area contributed by atoms with E-state index in [2.05, 4.69) is 25.9 Å². The second kappa shape index (κ2) is 6.78. The summed E-state index contributed by atoms with van der Waals surface area (Å²) in [5.74, 6) is 1.91. The molecule has 0 radical (unpaired) electrons. The number of rotatable bonds is 6. The number of aromatic nitrogens is 4. The summed E-state index contributed by atoms with van der Waals surface area (Å²) in [5, 5.41) is 18.7. The first kappa shape index (κ1) is 14.8. The van der Waals surface area contributed by atoms with Gasteiger partial charge in [0.15, 0.2) is 11.5 Å². The van der Waals surface area contributed by atoms with E-state index < -0.39 is 0 Å². The molecule has 7 nitrogen and oxygen atoms in total. The van der Waals surface area contributed by atoms with E-state index in [9.17, 15) is 0 Å². The molecular weight excluding hydrogens is 294 g/mol. The summed E-state index contributed by atoms with van der Waals surface area (Å²) in [4.78, 5) is 0. The van der Waals surface area contributed by atoms with Crippen LogP contribution in [0.1, 0.15) is 5.56 Å². The van der Waals surface area contributed by atoms with E-state index in [1.54, 1.807) is 14.2 Å². The molecule has 0 aliphatic rings. The molecule has 2 aromatic carbocycles. The Morgan fingerprint density at radius 3 is 2.61 bits per heavy atom. The molecule has 0 aliphatic carbocycles. The summed E-state index contributed by atoms with van der Waals surface area (Å²) in [6, 6.07) is 13.4. The number of para-hydroxylation sites is 1. The third kappa shape index (κ3) is 3.23. The molecule has 0 spiro atoms. The number of hydrogen-bond donors (Lipinski definition) is 1. The third-order valence-corrected chi connectivity index (χ3v) is 3.37. The van der Waals surface area contributed by atoms with Crippen molar-refractivity contribution in [2.45, 2.75) is 6.54 Å². The number of benzene rings is 2. The molecule has 1 aromatic heterocycles. The quantitative estimate of drug-likeness (QED) is 0.756. The van der Waals surface area contributed by atoms with Crippen LogP contribution < -0.4 is 9.47 Å². The van der Waals surface area contributed by atoms with Crippen molar-refractivity contribution in [2.75, 3.05) is 14.2 Å². The topological polar surface area (TPSA) is 87.0 Å². The van der Waals surface area contributed by atoms with E-state index in [4.69, 9.17) is 9.47 Å². The van der Waals surface area contributed by atoms with Gasteiger partial charge in [-0.25, -0.2) is 0 Å². The second-order valence-electron chi connectivity index (χ2n) is 4.76. The highest BCUT2D eigenvalue weighted by Gasteiger charge is 2.04. The van der Waals surface area contributed by atoms with Crippen LogP contribution >= 0.6 is 0 Å². The van der Waals surface area contributed by atoms with Gasteiger partial charge in [0.1, 0.15) is 0 Å². The molecule has 0 bridgehead atoms. The Kier molecular flexibility index (Phi) is 4.37. The lowest BCUT2D eigenvalue weighted by molar-refractivity contribution is 0.354. The van der Waals surface area contributed by atoms with E-state index >= 15 is 0 Å². The Morgan fingerprint density at radius 1 is 1.04 bits per heavy atom. The van der Waals surface area contributed by atoms with Crippen LogP contribution in [0.15, 0.2) is 42.5 Å². The summed E-state index contributed by atoms with van der Waals surface area (Å²) in [7, 11) is 3.23. The fourth-order valence-electron chi connectivity index (χ4n) is 2.23. The van der Waals surface area contributed by atoms with Crippen LogP contribution in [0.4, 0.5) is 5.69 Å². The first-order valence-electron chi connectivity index (χ1n) is 7.03. The van der Waals surface area contributed by atoms with E-state index in [-0.39, 0.29) is 0 Å². The van der Waals surface area contributed by atoms with Crippen molar-refractivity contribution in [3.63, 3.8) is 0 Å². The molecule has 0 amide bonds. The fourth-order valence-corrected chi connectivity index (χ4v) is 2.23. The minimum absolute atomic E-state index is 0.509. The van der Waals surface area contributed by atoms with Gasteiger partial charge in [0.2, 0.25) is 5.82 Å². The maximum absolute atomic E-state index is 5.31. The second-order valence-corrected chi connectivity index (χ2v) is 4.76. The average Bonchev–Trinajstić information content (AvgIpc) is 3.14. The maximum Gasteiger partial charge on any atom is 0.203 e. The van der Waals surface area contributed by atoms with Gasteiger partial charge in [-0.2, -0.15) is 5.21 Å². The molecule has 7 heteroatoms. The van der Waals surface area contributed by atoms with E-state index in [0.29, 0.717) is 23.9 Å². The lowest BCUT2D eigenvalue weighted by Crippen LogP contribution is -1.92. The van der Waals surface area contributed by atoms with Crippen LogP contribution in [0.5, 0.6) is 11.5 Å². The highest BCUT2D eigenvalue weighted by atomic mass is 16.5. The van der Waals surface area contributed by atoms with Gasteiger partial charge < -0.3 is 14.8 Å². The molecule has 3 rings (SSSR count). The van der Waals surface area contributed by atoms with Crippen LogP contribution in [-0.4, -0.2) is 34.8 Å². The zero-order valence-corrected chi connectivity index (χ0v) is 12.9. The van der Waals surface area contributed by atoms with Crippen LogP contribution in [0.3, 0.4) is 0 Å². The molecule has 23 heavy (non-hydrogen) atoms. The van der Waals surface area contributed by atoms with Crippen LogP contribution in [0.25, 0.3) is 16.7 Å². The van der Waals surface area contributed by atoms with Gasteiger partial charge in [-0.3, -0.25) is 0 Å². The monoisotopic (exact) mass is 310 g/mol. The molecule has 0 saturated heterocycles. The molecule has 118 valence electrons. The Hall–Kier alpha value is -3.09. The van der Waals surface area contributed by atoms with Crippen molar-refractivity contribution in [3.05, 3.63) is 53.3 Å². The number of nitrogens with one attached hydrogen (secondary N) is 1. The first-order chi connectivity index (χ1) is 11.3. The zero-order chi connectivity index (χ0) is 16.1. The lowest BCUT2D eigenvalue weighted by Gasteiger charge is -2.24. The van der Waals surface area contributed by atoms with Crippen molar-refractivity contribution in [2.24, 2.45) is 0 Å². The summed E-state index contributed by atoms with van der Waals surface area (Å²) < 4.78 is 10.6. The standard InChI is InChI=1S/C16H16N5O2/c1-22-14-8-7-11(9-15(14)23-2)10-17-13-6-4-3-5-12(13)16-18-20-21-19-16/h3-9H,10H2,1-2H3,(H,18,19,20,21)/q-1. The normalized spacial score (nSPS) is 10.3. The molecule has 1 N–H and O–H groups in total. The van der Waals surface area contributed by atoms with Gasteiger partial charge in [0.25, 0.3) is 0 Å². The summed E-state index contributed by atoms with van der Waals surface area (Å²) >= 11 is 0. The van der Waals surface area contributed by atoms with Crippen molar-refractivity contribution < 1.29 is 9.47 Å². The van der Waals surface area contributed by atoms with Crippen molar-refractivity contribution >= 4 is 5.69 Å². The summed E-state index contributed by atoms with van der Waals surface area (Å²) in [6.45, 7) is 0.509. The van der Waals surface area contributed by atoms with Gasteiger partial charge in [0.05, 0.1) is 14.2 Å². The summed E-state index contributed by atoms with van der Waals surface area (Å²) in [6.07, 6.45) is 0. The van der Waals surface area contributed by atoms with Crippen LogP contribution in [0, 0.1) is 0 Å². The van der Waals surface area contributed by atoms with Crippen LogP contribution in [-0.2, 0) is 6.54 Å². The van der Waals surface area contributed by atoms with Gasteiger partial charge in [0, 0.05) is 5.56 Å². The predicted octanol–water partition coefficient (Wildman–Crippen LogP) is 3.09. The van der Waals surface area contributed by atoms with E-state index in [1.165, 1.54) is 0 Å². The molecule has 0 atom stereocenters.